The van der Waals surface area contributed by atoms with Crippen LogP contribution in [0, 0.1) is 6.92 Å². The number of benzene rings is 2. The van der Waals surface area contributed by atoms with Crippen LogP contribution >= 0.6 is 0 Å². The third kappa shape index (κ3) is 5.23. The molecule has 1 saturated heterocycles. The first-order valence-electron chi connectivity index (χ1n) is 9.05. The van der Waals surface area contributed by atoms with Crippen LogP contribution in [0.2, 0.25) is 0 Å². The van der Waals surface area contributed by atoms with E-state index in [-0.39, 0.29) is 25.0 Å². The molecule has 0 radical (unpaired) electrons. The van der Waals surface area contributed by atoms with E-state index in [2.05, 4.69) is 0 Å². The molecule has 0 atom stereocenters. The zero-order valence-corrected chi connectivity index (χ0v) is 15.5. The van der Waals surface area contributed by atoms with Crippen LogP contribution in [0.3, 0.4) is 0 Å². The van der Waals surface area contributed by atoms with Crippen molar-refractivity contribution in [2.45, 2.75) is 6.92 Å². The molecule has 0 spiro atoms. The number of hydrogen-bond donors (Lipinski definition) is 0. The predicted molar refractivity (Wildman–Crippen MR) is 102 cm³/mol. The van der Waals surface area contributed by atoms with Crippen LogP contribution in [-0.2, 0) is 9.59 Å². The highest BCUT2D eigenvalue weighted by Gasteiger charge is 2.24. The van der Waals surface area contributed by atoms with Crippen LogP contribution in [0.25, 0.3) is 0 Å². The first-order chi connectivity index (χ1) is 13.1. The summed E-state index contributed by atoms with van der Waals surface area (Å²) in [6, 6.07) is 16.9. The standard InChI is InChI=1S/C21H24N2O4/c1-17-7-5-6-10-19(17)27-16-21(25)23-13-11-22(12-14-23)20(24)15-26-18-8-3-2-4-9-18/h2-10H,11-16H2,1H3. The van der Waals surface area contributed by atoms with Gasteiger partial charge in [0.05, 0.1) is 0 Å². The van der Waals surface area contributed by atoms with E-state index in [0.29, 0.717) is 31.9 Å². The van der Waals surface area contributed by atoms with Gasteiger partial charge in [-0.2, -0.15) is 0 Å². The SMILES string of the molecule is Cc1ccccc1OCC(=O)N1CCN(C(=O)COc2ccccc2)CC1. The van der Waals surface area contributed by atoms with Gasteiger partial charge in [-0.1, -0.05) is 36.4 Å². The predicted octanol–water partition coefficient (Wildman–Crippen LogP) is 2.12. The van der Waals surface area contributed by atoms with Crippen molar-refractivity contribution in [1.29, 1.82) is 0 Å². The molecule has 2 amide bonds. The lowest BCUT2D eigenvalue weighted by molar-refractivity contribution is -0.141. The van der Waals surface area contributed by atoms with E-state index in [1.165, 1.54) is 0 Å². The van der Waals surface area contributed by atoms with Gasteiger partial charge in [0, 0.05) is 26.2 Å². The topological polar surface area (TPSA) is 59.1 Å². The highest BCUT2D eigenvalue weighted by Crippen LogP contribution is 2.16. The van der Waals surface area contributed by atoms with Crippen LogP contribution in [0.15, 0.2) is 54.6 Å². The van der Waals surface area contributed by atoms with Gasteiger partial charge in [-0.25, -0.2) is 0 Å². The number of aryl methyl sites for hydroxylation is 1. The first kappa shape index (κ1) is 18.8. The van der Waals surface area contributed by atoms with E-state index in [4.69, 9.17) is 9.47 Å². The molecule has 1 heterocycles. The molecular weight excluding hydrogens is 344 g/mol. The molecule has 1 fully saturated rings. The minimum absolute atomic E-state index is 0.00829. The van der Waals surface area contributed by atoms with Crippen molar-refractivity contribution in [3.63, 3.8) is 0 Å². The molecule has 27 heavy (non-hydrogen) atoms. The highest BCUT2D eigenvalue weighted by atomic mass is 16.5. The van der Waals surface area contributed by atoms with Crippen LogP contribution in [0.5, 0.6) is 11.5 Å². The number of nitrogens with zero attached hydrogens (tertiary/aromatic N) is 2. The van der Waals surface area contributed by atoms with Gasteiger partial charge in [-0.15, -0.1) is 0 Å². The quantitative estimate of drug-likeness (QED) is 0.784. The maximum atomic E-state index is 12.3. The summed E-state index contributed by atoms with van der Waals surface area (Å²) in [5.41, 5.74) is 0.999. The molecule has 2 aromatic carbocycles. The molecule has 0 bridgehead atoms. The fourth-order valence-corrected chi connectivity index (χ4v) is 2.91. The van der Waals surface area contributed by atoms with Gasteiger partial charge in [0.2, 0.25) is 0 Å². The maximum absolute atomic E-state index is 12.3. The van der Waals surface area contributed by atoms with Gasteiger partial charge in [-0.3, -0.25) is 9.59 Å². The lowest BCUT2D eigenvalue weighted by atomic mass is 10.2. The number of ether oxygens (including phenoxy) is 2. The Morgan fingerprint density at radius 1 is 0.778 bits per heavy atom. The zero-order chi connectivity index (χ0) is 19.1. The molecule has 142 valence electrons. The van der Waals surface area contributed by atoms with Gasteiger partial charge < -0.3 is 19.3 Å². The van der Waals surface area contributed by atoms with E-state index < -0.39 is 0 Å². The number of amides is 2. The third-order valence-corrected chi connectivity index (χ3v) is 4.54. The van der Waals surface area contributed by atoms with E-state index in [0.717, 1.165) is 11.3 Å². The number of rotatable bonds is 6. The van der Waals surface area contributed by atoms with Gasteiger partial charge in [0.1, 0.15) is 11.5 Å². The fourth-order valence-electron chi connectivity index (χ4n) is 2.91. The molecule has 1 aliphatic rings. The molecule has 1 aliphatic heterocycles. The van der Waals surface area contributed by atoms with E-state index in [1.54, 1.807) is 9.80 Å². The van der Waals surface area contributed by atoms with Crippen LogP contribution in [0.4, 0.5) is 0 Å². The highest BCUT2D eigenvalue weighted by molar-refractivity contribution is 5.80. The second kappa shape index (κ2) is 9.07. The Balaban J connectivity index is 1.40. The Morgan fingerprint density at radius 3 is 1.89 bits per heavy atom. The molecule has 6 nitrogen and oxygen atoms in total. The van der Waals surface area contributed by atoms with E-state index in [1.807, 2.05) is 61.5 Å². The second-order valence-electron chi connectivity index (χ2n) is 6.42. The molecule has 0 unspecified atom stereocenters. The Morgan fingerprint density at radius 2 is 1.30 bits per heavy atom. The van der Waals surface area contributed by atoms with Crippen LogP contribution in [-0.4, -0.2) is 61.0 Å². The summed E-state index contributed by atoms with van der Waals surface area (Å²) >= 11 is 0. The van der Waals surface area contributed by atoms with Crippen molar-refractivity contribution in [3.8, 4) is 11.5 Å². The summed E-state index contributed by atoms with van der Waals surface area (Å²) in [7, 11) is 0. The van der Waals surface area contributed by atoms with Crippen molar-refractivity contribution in [2.75, 3.05) is 39.4 Å². The van der Waals surface area contributed by atoms with Crippen molar-refractivity contribution in [2.24, 2.45) is 0 Å². The molecule has 0 N–H and O–H groups in total. The van der Waals surface area contributed by atoms with Gasteiger partial charge in [0.15, 0.2) is 13.2 Å². The van der Waals surface area contributed by atoms with Gasteiger partial charge in [0.25, 0.3) is 11.8 Å². The smallest absolute Gasteiger partial charge is 0.260 e. The molecule has 6 heteroatoms. The average molecular weight is 368 g/mol. The number of carbonyl (C=O) groups excluding carboxylic acids is 2. The summed E-state index contributed by atoms with van der Waals surface area (Å²) in [6.45, 7) is 3.99. The third-order valence-electron chi connectivity index (χ3n) is 4.54. The summed E-state index contributed by atoms with van der Waals surface area (Å²) in [4.78, 5) is 28.1. The molecule has 2 aromatic rings. The lowest BCUT2D eigenvalue weighted by Crippen LogP contribution is -2.52. The zero-order valence-electron chi connectivity index (χ0n) is 15.5. The van der Waals surface area contributed by atoms with Gasteiger partial charge >= 0.3 is 0 Å². The fraction of sp³-hybridized carbons (Fsp3) is 0.333. The molecular formula is C21H24N2O4. The Hall–Kier alpha value is -3.02. The molecule has 0 saturated carbocycles. The monoisotopic (exact) mass is 368 g/mol. The lowest BCUT2D eigenvalue weighted by Gasteiger charge is -2.34. The van der Waals surface area contributed by atoms with Crippen molar-refractivity contribution < 1.29 is 19.1 Å². The minimum Gasteiger partial charge on any atom is -0.484 e. The molecule has 3 rings (SSSR count). The summed E-state index contributed by atoms with van der Waals surface area (Å²) in [5.74, 6) is 1.26. The largest absolute Gasteiger partial charge is 0.484 e. The van der Waals surface area contributed by atoms with Gasteiger partial charge in [-0.05, 0) is 30.7 Å². The number of hydrogen-bond acceptors (Lipinski definition) is 4. The van der Waals surface area contributed by atoms with Crippen molar-refractivity contribution in [3.05, 3.63) is 60.2 Å². The second-order valence-corrected chi connectivity index (χ2v) is 6.42. The van der Waals surface area contributed by atoms with E-state index >= 15 is 0 Å². The first-order valence-corrected chi connectivity index (χ1v) is 9.05. The summed E-state index contributed by atoms with van der Waals surface area (Å²) in [6.07, 6.45) is 0. The van der Waals surface area contributed by atoms with Crippen molar-refractivity contribution >= 4 is 11.8 Å². The molecule has 0 aromatic heterocycles. The van der Waals surface area contributed by atoms with Crippen molar-refractivity contribution in [1.82, 2.24) is 9.80 Å². The maximum Gasteiger partial charge on any atom is 0.260 e. The Kier molecular flexibility index (Phi) is 6.30. The summed E-state index contributed by atoms with van der Waals surface area (Å²) < 4.78 is 11.1. The average Bonchev–Trinajstić information content (AvgIpc) is 2.72. The van der Waals surface area contributed by atoms with Crippen LogP contribution in [0.1, 0.15) is 5.56 Å². The minimum atomic E-state index is -0.0675. The molecule has 0 aliphatic carbocycles. The number of piperazine rings is 1. The Labute approximate surface area is 159 Å². The van der Waals surface area contributed by atoms with Crippen LogP contribution < -0.4 is 9.47 Å². The number of para-hydroxylation sites is 2. The van der Waals surface area contributed by atoms with E-state index in [9.17, 15) is 9.59 Å². The summed E-state index contributed by atoms with van der Waals surface area (Å²) in [5, 5.41) is 0. The number of carbonyl (C=O) groups is 2. The Bertz CT molecular complexity index is 771. The normalized spacial score (nSPS) is 14.0.